The minimum Gasteiger partial charge on any atom is -0.288 e. The van der Waals surface area contributed by atoms with E-state index in [4.69, 9.17) is 0 Å². The zero-order valence-corrected chi connectivity index (χ0v) is 13.3. The third-order valence-corrected chi connectivity index (χ3v) is 3.62. The highest BCUT2D eigenvalue weighted by Crippen LogP contribution is 2.25. The van der Waals surface area contributed by atoms with Crippen LogP contribution in [-0.2, 0) is 0 Å². The van der Waals surface area contributed by atoms with E-state index in [0.717, 1.165) is 11.4 Å². The Kier molecular flexibility index (Phi) is 6.34. The molecule has 0 aliphatic heterocycles. The van der Waals surface area contributed by atoms with Crippen molar-refractivity contribution in [1.29, 1.82) is 0 Å². The highest BCUT2D eigenvalue weighted by atomic mass is 16.5. The van der Waals surface area contributed by atoms with Gasteiger partial charge in [-0.1, -0.05) is 43.8 Å². The fraction of sp³-hybridized carbons (Fsp3) is 0.316. The first-order valence-corrected chi connectivity index (χ1v) is 7.32. The minimum absolute atomic E-state index is 0. The van der Waals surface area contributed by atoms with Crippen LogP contribution in [0.25, 0.3) is 0 Å². The molecule has 0 aliphatic rings. The third kappa shape index (κ3) is 4.57. The maximum atomic E-state index is 10.5. The van der Waals surface area contributed by atoms with Crippen molar-refractivity contribution in [1.82, 2.24) is 0 Å². The average molecular weight is 315 g/mol. The van der Waals surface area contributed by atoms with Gasteiger partial charge >= 0.3 is 0 Å². The predicted octanol–water partition coefficient (Wildman–Crippen LogP) is 4.88. The second kappa shape index (κ2) is 7.79. The zero-order valence-electron chi connectivity index (χ0n) is 13.3. The first kappa shape index (κ1) is 18.7. The van der Waals surface area contributed by atoms with E-state index in [-0.39, 0.29) is 7.43 Å². The standard InChI is InChI=1S/C18H23N2O2.CH4/c1-15(19(21)16-10-6-4-7-11-16)14-18(2,3)20(22)17-12-8-5-9-13-17;/h4-13,21-22H,14H2,1-3H3;1H4/q+1;/b19-15-;. The van der Waals surface area contributed by atoms with Crippen LogP contribution in [0.4, 0.5) is 11.4 Å². The predicted molar refractivity (Wildman–Crippen MR) is 95.0 cm³/mol. The van der Waals surface area contributed by atoms with Crippen LogP contribution in [-0.4, -0.2) is 26.4 Å². The van der Waals surface area contributed by atoms with Crippen LogP contribution in [0.3, 0.4) is 0 Å². The number of para-hydroxylation sites is 2. The normalized spacial score (nSPS) is 12.2. The fourth-order valence-electron chi connectivity index (χ4n) is 2.48. The number of benzene rings is 2. The Bertz CT molecular complexity index is 637. The molecule has 124 valence electrons. The van der Waals surface area contributed by atoms with Crippen molar-refractivity contribution in [3.05, 3.63) is 60.7 Å². The van der Waals surface area contributed by atoms with Gasteiger partial charge in [0.1, 0.15) is 0 Å². The van der Waals surface area contributed by atoms with Crippen molar-refractivity contribution in [2.24, 2.45) is 0 Å². The number of nitrogens with zero attached hydrogens (tertiary/aromatic N) is 2. The van der Waals surface area contributed by atoms with Gasteiger partial charge in [-0.2, -0.15) is 0 Å². The molecular formula is C19H27N2O2+. The van der Waals surface area contributed by atoms with Crippen LogP contribution in [0.15, 0.2) is 60.7 Å². The molecule has 0 unspecified atom stereocenters. The van der Waals surface area contributed by atoms with E-state index >= 15 is 0 Å². The monoisotopic (exact) mass is 315 g/mol. The highest BCUT2D eigenvalue weighted by Gasteiger charge is 2.31. The Morgan fingerprint density at radius 1 is 1.00 bits per heavy atom. The molecule has 2 rings (SSSR count). The van der Waals surface area contributed by atoms with Crippen LogP contribution in [0.1, 0.15) is 34.6 Å². The van der Waals surface area contributed by atoms with E-state index in [0.29, 0.717) is 12.1 Å². The molecule has 0 heterocycles. The number of anilines is 1. The molecule has 0 atom stereocenters. The molecule has 0 saturated carbocycles. The minimum atomic E-state index is -0.554. The summed E-state index contributed by atoms with van der Waals surface area (Å²) in [6.07, 6.45) is 0.504. The van der Waals surface area contributed by atoms with Crippen molar-refractivity contribution in [2.75, 3.05) is 5.06 Å². The van der Waals surface area contributed by atoms with Gasteiger partial charge in [-0.3, -0.25) is 15.5 Å². The number of hydrogen-bond acceptors (Lipinski definition) is 3. The van der Waals surface area contributed by atoms with Gasteiger partial charge in [0.25, 0.3) is 5.69 Å². The quantitative estimate of drug-likeness (QED) is 0.358. The molecule has 4 heteroatoms. The Balaban J connectivity index is 0.00000264. The first-order chi connectivity index (χ1) is 10.4. The van der Waals surface area contributed by atoms with Crippen molar-refractivity contribution in [3.63, 3.8) is 0 Å². The summed E-state index contributed by atoms with van der Waals surface area (Å²) in [5.74, 6) is 0. The van der Waals surface area contributed by atoms with Gasteiger partial charge in [0.2, 0.25) is 5.71 Å². The molecule has 23 heavy (non-hydrogen) atoms. The molecular weight excluding hydrogens is 288 g/mol. The van der Waals surface area contributed by atoms with E-state index in [1.165, 1.54) is 9.80 Å². The van der Waals surface area contributed by atoms with Crippen LogP contribution in [0, 0.1) is 0 Å². The van der Waals surface area contributed by atoms with Gasteiger partial charge in [0.05, 0.1) is 17.6 Å². The maximum absolute atomic E-state index is 10.5. The second-order valence-electron chi connectivity index (χ2n) is 6.02. The molecule has 0 radical (unpaired) electrons. The smallest absolute Gasteiger partial charge is 0.257 e. The van der Waals surface area contributed by atoms with E-state index in [2.05, 4.69) is 0 Å². The Morgan fingerprint density at radius 3 is 2.00 bits per heavy atom. The van der Waals surface area contributed by atoms with Crippen LogP contribution in [0.5, 0.6) is 0 Å². The van der Waals surface area contributed by atoms with E-state index < -0.39 is 5.54 Å². The van der Waals surface area contributed by atoms with E-state index in [1.807, 2.05) is 81.4 Å². The largest absolute Gasteiger partial charge is 0.288 e. The average Bonchev–Trinajstić information content (AvgIpc) is 2.54. The topological polar surface area (TPSA) is 46.7 Å². The lowest BCUT2D eigenvalue weighted by Gasteiger charge is -2.34. The Morgan fingerprint density at radius 2 is 1.48 bits per heavy atom. The molecule has 0 fully saturated rings. The second-order valence-corrected chi connectivity index (χ2v) is 6.02. The van der Waals surface area contributed by atoms with Gasteiger partial charge in [0.15, 0.2) is 0 Å². The van der Waals surface area contributed by atoms with Crippen LogP contribution in [0.2, 0.25) is 0 Å². The molecule has 4 nitrogen and oxygen atoms in total. The summed E-state index contributed by atoms with van der Waals surface area (Å²) in [6.45, 7) is 5.72. The molecule has 0 aromatic heterocycles. The summed E-state index contributed by atoms with van der Waals surface area (Å²) in [5, 5.41) is 22.0. The van der Waals surface area contributed by atoms with Crippen LogP contribution >= 0.6 is 0 Å². The summed E-state index contributed by atoms with van der Waals surface area (Å²) < 4.78 is 1.17. The highest BCUT2D eigenvalue weighted by molar-refractivity contribution is 5.79. The van der Waals surface area contributed by atoms with Gasteiger partial charge in [0, 0.05) is 23.8 Å². The van der Waals surface area contributed by atoms with Crippen LogP contribution < -0.4 is 5.06 Å². The molecule has 0 bridgehead atoms. The fourth-order valence-corrected chi connectivity index (χ4v) is 2.48. The lowest BCUT2D eigenvalue weighted by atomic mass is 9.96. The summed E-state index contributed by atoms with van der Waals surface area (Å²) in [7, 11) is 0. The van der Waals surface area contributed by atoms with Crippen molar-refractivity contribution >= 4 is 17.1 Å². The number of hydroxylamine groups is 1. The lowest BCUT2D eigenvalue weighted by molar-refractivity contribution is -0.714. The van der Waals surface area contributed by atoms with E-state index in [9.17, 15) is 10.4 Å². The molecule has 0 spiro atoms. The van der Waals surface area contributed by atoms with Gasteiger partial charge in [-0.15, -0.1) is 0 Å². The van der Waals surface area contributed by atoms with E-state index in [1.54, 1.807) is 0 Å². The van der Waals surface area contributed by atoms with Gasteiger partial charge < -0.3 is 0 Å². The first-order valence-electron chi connectivity index (χ1n) is 7.32. The summed E-state index contributed by atoms with van der Waals surface area (Å²) in [4.78, 5) is 0. The molecule has 2 aromatic carbocycles. The summed E-state index contributed by atoms with van der Waals surface area (Å²) in [6, 6.07) is 18.7. The van der Waals surface area contributed by atoms with Gasteiger partial charge in [-0.25, -0.2) is 0 Å². The van der Waals surface area contributed by atoms with Gasteiger partial charge in [-0.05, 0) is 26.0 Å². The molecule has 0 aliphatic carbocycles. The number of rotatable bonds is 5. The SMILES string of the molecule is C.C/C(CC(C)(C)N(O)c1ccccc1)=[N+](/O)c1ccccc1. The van der Waals surface area contributed by atoms with Crippen molar-refractivity contribution in [3.8, 4) is 0 Å². The third-order valence-electron chi connectivity index (χ3n) is 3.62. The van der Waals surface area contributed by atoms with Crippen molar-refractivity contribution < 1.29 is 15.2 Å². The lowest BCUT2D eigenvalue weighted by Crippen LogP contribution is -2.44. The zero-order chi connectivity index (χ0) is 16.2. The van der Waals surface area contributed by atoms with Crippen molar-refractivity contribution in [2.45, 2.75) is 40.2 Å². The maximum Gasteiger partial charge on any atom is 0.257 e. The molecule has 2 N–H and O–H groups in total. The molecule has 2 aromatic rings. The Labute approximate surface area is 138 Å². The summed E-state index contributed by atoms with van der Waals surface area (Å²) >= 11 is 0. The molecule has 0 amide bonds. The Hall–Kier alpha value is -2.33. The number of hydrogen-bond donors (Lipinski definition) is 2. The summed E-state index contributed by atoms with van der Waals surface area (Å²) in [5.41, 5.74) is 1.64. The molecule has 0 saturated heterocycles.